The van der Waals surface area contributed by atoms with Gasteiger partial charge in [-0.25, -0.2) is 0 Å². The van der Waals surface area contributed by atoms with Crippen LogP contribution in [0.3, 0.4) is 0 Å². The maximum atomic E-state index is 12.2. The molecular weight excluding hydrogens is 270 g/mol. The molecule has 1 amide bonds. The van der Waals surface area contributed by atoms with Gasteiger partial charge in [0.2, 0.25) is 5.91 Å². The van der Waals surface area contributed by atoms with Crippen LogP contribution in [0.5, 0.6) is 0 Å². The van der Waals surface area contributed by atoms with E-state index in [4.69, 9.17) is 0 Å². The molecule has 2 aromatic carbocycles. The summed E-state index contributed by atoms with van der Waals surface area (Å²) >= 11 is 0. The van der Waals surface area contributed by atoms with Crippen LogP contribution in [0.4, 0.5) is 0 Å². The minimum atomic E-state index is 0.0587. The van der Waals surface area contributed by atoms with Crippen LogP contribution in [-0.4, -0.2) is 5.91 Å². The summed E-state index contributed by atoms with van der Waals surface area (Å²) in [7, 11) is 0. The zero-order valence-electron chi connectivity index (χ0n) is 13.1. The quantitative estimate of drug-likeness (QED) is 0.907. The van der Waals surface area contributed by atoms with Crippen LogP contribution in [0.2, 0.25) is 0 Å². The molecule has 114 valence electrons. The third-order valence-corrected chi connectivity index (χ3v) is 4.46. The Hall–Kier alpha value is -2.09. The molecule has 0 saturated carbocycles. The second-order valence-corrected chi connectivity index (χ2v) is 6.19. The first-order valence-corrected chi connectivity index (χ1v) is 8.17. The number of rotatable bonds is 4. The molecule has 3 rings (SSSR count). The highest BCUT2D eigenvalue weighted by Crippen LogP contribution is 2.24. The number of fused-ring (bicyclic) bond motifs is 1. The third kappa shape index (κ3) is 3.56. The van der Waals surface area contributed by atoms with Gasteiger partial charge in [0.25, 0.3) is 0 Å². The lowest BCUT2D eigenvalue weighted by Gasteiger charge is -2.20. The molecule has 0 unspecified atom stereocenters. The van der Waals surface area contributed by atoms with Crippen molar-refractivity contribution in [1.29, 1.82) is 0 Å². The summed E-state index contributed by atoms with van der Waals surface area (Å²) in [5, 5.41) is 3.11. The molecule has 0 spiro atoms. The summed E-state index contributed by atoms with van der Waals surface area (Å²) in [5.74, 6) is 0.0800. The molecule has 0 aliphatic heterocycles. The second-order valence-electron chi connectivity index (χ2n) is 6.19. The zero-order valence-corrected chi connectivity index (χ0v) is 13.1. The van der Waals surface area contributed by atoms with E-state index in [9.17, 15) is 4.79 Å². The van der Waals surface area contributed by atoms with Gasteiger partial charge in [-0.15, -0.1) is 0 Å². The van der Waals surface area contributed by atoms with Crippen LogP contribution in [0, 0.1) is 0 Å². The Balaban J connectivity index is 1.64. The SMILES string of the molecule is C[C@@H](NC(=O)Cc1ccccc1)c1ccc2c(c1)CCCC2. The van der Waals surface area contributed by atoms with Crippen LogP contribution >= 0.6 is 0 Å². The molecule has 1 aliphatic carbocycles. The van der Waals surface area contributed by atoms with Gasteiger partial charge in [0.15, 0.2) is 0 Å². The zero-order chi connectivity index (χ0) is 15.4. The lowest BCUT2D eigenvalue weighted by Crippen LogP contribution is -2.28. The van der Waals surface area contributed by atoms with E-state index < -0.39 is 0 Å². The number of benzene rings is 2. The van der Waals surface area contributed by atoms with Gasteiger partial charge in [0.1, 0.15) is 0 Å². The number of aryl methyl sites for hydroxylation is 2. The molecule has 1 aliphatic rings. The average molecular weight is 293 g/mol. The average Bonchev–Trinajstić information content (AvgIpc) is 2.55. The summed E-state index contributed by atoms with van der Waals surface area (Å²) in [6, 6.07) is 16.6. The highest BCUT2D eigenvalue weighted by molar-refractivity contribution is 5.79. The van der Waals surface area contributed by atoms with Gasteiger partial charge in [-0.2, -0.15) is 0 Å². The Morgan fingerprint density at radius 1 is 1.05 bits per heavy atom. The van der Waals surface area contributed by atoms with E-state index in [0.29, 0.717) is 6.42 Å². The van der Waals surface area contributed by atoms with E-state index in [2.05, 4.69) is 30.4 Å². The predicted octanol–water partition coefficient (Wildman–Crippen LogP) is 3.99. The molecule has 1 N–H and O–H groups in total. The largest absolute Gasteiger partial charge is 0.349 e. The first-order valence-electron chi connectivity index (χ1n) is 8.17. The maximum Gasteiger partial charge on any atom is 0.224 e. The first-order chi connectivity index (χ1) is 10.7. The topological polar surface area (TPSA) is 29.1 Å². The molecule has 22 heavy (non-hydrogen) atoms. The van der Waals surface area contributed by atoms with Gasteiger partial charge in [-0.05, 0) is 54.9 Å². The minimum absolute atomic E-state index is 0.0587. The van der Waals surface area contributed by atoms with E-state index in [1.807, 2.05) is 30.3 Å². The summed E-state index contributed by atoms with van der Waals surface area (Å²) in [4.78, 5) is 12.2. The molecular formula is C20H23NO. The van der Waals surface area contributed by atoms with Gasteiger partial charge in [0, 0.05) is 0 Å². The van der Waals surface area contributed by atoms with Crippen molar-refractivity contribution >= 4 is 5.91 Å². The van der Waals surface area contributed by atoms with Crippen LogP contribution in [-0.2, 0) is 24.1 Å². The van der Waals surface area contributed by atoms with Crippen molar-refractivity contribution in [3.8, 4) is 0 Å². The van der Waals surface area contributed by atoms with Crippen molar-refractivity contribution in [2.24, 2.45) is 0 Å². The highest BCUT2D eigenvalue weighted by atomic mass is 16.1. The lowest BCUT2D eigenvalue weighted by atomic mass is 9.89. The highest BCUT2D eigenvalue weighted by Gasteiger charge is 2.14. The van der Waals surface area contributed by atoms with Crippen LogP contribution < -0.4 is 5.32 Å². The Bertz CT molecular complexity index is 648. The van der Waals surface area contributed by atoms with Crippen molar-refractivity contribution in [3.63, 3.8) is 0 Å². The molecule has 0 heterocycles. The number of carbonyl (C=O) groups excluding carboxylic acids is 1. The molecule has 2 nitrogen and oxygen atoms in total. The monoisotopic (exact) mass is 293 g/mol. The van der Waals surface area contributed by atoms with E-state index in [1.165, 1.54) is 42.4 Å². The Morgan fingerprint density at radius 3 is 2.55 bits per heavy atom. The molecule has 0 aromatic heterocycles. The number of nitrogens with one attached hydrogen (secondary N) is 1. The molecule has 0 fully saturated rings. The van der Waals surface area contributed by atoms with Crippen LogP contribution in [0.25, 0.3) is 0 Å². The smallest absolute Gasteiger partial charge is 0.224 e. The second kappa shape index (κ2) is 6.78. The van der Waals surface area contributed by atoms with Gasteiger partial charge in [-0.1, -0.05) is 48.5 Å². The normalized spacial score (nSPS) is 15.0. The van der Waals surface area contributed by atoms with E-state index in [1.54, 1.807) is 0 Å². The molecule has 0 bridgehead atoms. The fourth-order valence-corrected chi connectivity index (χ4v) is 3.18. The standard InChI is InChI=1S/C20H23NO/c1-15(21-20(22)13-16-7-3-2-4-8-16)18-12-11-17-9-5-6-10-19(17)14-18/h2-4,7-8,11-12,14-15H,5-6,9-10,13H2,1H3,(H,21,22)/t15-/m1/s1. The minimum Gasteiger partial charge on any atom is -0.349 e. The first kappa shape index (κ1) is 14.8. The van der Waals surface area contributed by atoms with Crippen molar-refractivity contribution < 1.29 is 4.79 Å². The van der Waals surface area contributed by atoms with Gasteiger partial charge in [-0.3, -0.25) is 4.79 Å². The van der Waals surface area contributed by atoms with Crippen molar-refractivity contribution in [3.05, 3.63) is 70.8 Å². The Kier molecular flexibility index (Phi) is 4.57. The molecule has 0 saturated heterocycles. The summed E-state index contributed by atoms with van der Waals surface area (Å²) in [6.07, 6.45) is 5.40. The molecule has 0 radical (unpaired) electrons. The van der Waals surface area contributed by atoms with Crippen molar-refractivity contribution in [2.75, 3.05) is 0 Å². The van der Waals surface area contributed by atoms with E-state index in [-0.39, 0.29) is 11.9 Å². The van der Waals surface area contributed by atoms with Crippen molar-refractivity contribution in [1.82, 2.24) is 5.32 Å². The third-order valence-electron chi connectivity index (χ3n) is 4.46. The van der Waals surface area contributed by atoms with E-state index in [0.717, 1.165) is 5.56 Å². The van der Waals surface area contributed by atoms with E-state index >= 15 is 0 Å². The van der Waals surface area contributed by atoms with Crippen LogP contribution in [0.1, 0.15) is 48.1 Å². The molecule has 2 aromatic rings. The fourth-order valence-electron chi connectivity index (χ4n) is 3.18. The fraction of sp³-hybridized carbons (Fsp3) is 0.350. The number of hydrogen-bond donors (Lipinski definition) is 1. The number of amides is 1. The number of carbonyl (C=O) groups is 1. The predicted molar refractivity (Wildman–Crippen MR) is 89.8 cm³/mol. The molecule has 1 atom stereocenters. The Morgan fingerprint density at radius 2 is 1.77 bits per heavy atom. The lowest BCUT2D eigenvalue weighted by molar-refractivity contribution is -0.121. The number of hydrogen-bond acceptors (Lipinski definition) is 1. The van der Waals surface area contributed by atoms with Gasteiger partial charge < -0.3 is 5.32 Å². The summed E-state index contributed by atoms with van der Waals surface area (Å²) in [5.41, 5.74) is 5.21. The Labute approximate surface area is 132 Å². The maximum absolute atomic E-state index is 12.2. The van der Waals surface area contributed by atoms with Gasteiger partial charge >= 0.3 is 0 Å². The van der Waals surface area contributed by atoms with Crippen LogP contribution in [0.15, 0.2) is 48.5 Å². The summed E-state index contributed by atoms with van der Waals surface area (Å²) < 4.78 is 0. The molecule has 2 heteroatoms. The van der Waals surface area contributed by atoms with Gasteiger partial charge in [0.05, 0.1) is 12.5 Å². The van der Waals surface area contributed by atoms with Crippen molar-refractivity contribution in [2.45, 2.75) is 45.1 Å². The summed E-state index contributed by atoms with van der Waals surface area (Å²) in [6.45, 7) is 2.06.